The van der Waals surface area contributed by atoms with Crippen LogP contribution in [0.1, 0.15) is 78.6 Å². The Balaban J connectivity index is 1.49. The lowest BCUT2D eigenvalue weighted by Crippen LogP contribution is -2.39. The second kappa shape index (κ2) is 8.44. The lowest BCUT2D eigenvalue weighted by atomic mass is 9.60. The van der Waals surface area contributed by atoms with Crippen molar-refractivity contribution in [2.75, 3.05) is 13.2 Å². The van der Waals surface area contributed by atoms with Gasteiger partial charge in [-0.15, -0.1) is 0 Å². The molecular formula is C27H42O4. The van der Waals surface area contributed by atoms with Crippen LogP contribution in [-0.2, 0) is 4.74 Å². The molecule has 0 unspecified atom stereocenters. The van der Waals surface area contributed by atoms with Gasteiger partial charge in [0.1, 0.15) is 0 Å². The van der Waals surface area contributed by atoms with Crippen LogP contribution in [0.4, 0.5) is 0 Å². The predicted octanol–water partition coefficient (Wildman–Crippen LogP) is 4.70. The number of ether oxygens (including phenoxy) is 1. The largest absolute Gasteiger partial charge is 0.393 e. The van der Waals surface area contributed by atoms with Crippen LogP contribution in [0.25, 0.3) is 0 Å². The number of aliphatic hydroxyl groups is 3. The summed E-state index contributed by atoms with van der Waals surface area (Å²) in [6, 6.07) is 0. The third-order valence-electron chi connectivity index (χ3n) is 8.70. The van der Waals surface area contributed by atoms with E-state index in [2.05, 4.69) is 25.7 Å². The van der Waals surface area contributed by atoms with E-state index in [-0.39, 0.29) is 0 Å². The monoisotopic (exact) mass is 430 g/mol. The fourth-order valence-electron chi connectivity index (χ4n) is 6.97. The van der Waals surface area contributed by atoms with Gasteiger partial charge in [-0.25, -0.2) is 0 Å². The van der Waals surface area contributed by atoms with Crippen LogP contribution >= 0.6 is 0 Å². The average Bonchev–Trinajstić information content (AvgIpc) is 3.35. The number of allylic oxidation sites excluding steroid dienone is 3. The van der Waals surface area contributed by atoms with Crippen molar-refractivity contribution in [1.82, 2.24) is 0 Å². The highest BCUT2D eigenvalue weighted by Crippen LogP contribution is 2.68. The third kappa shape index (κ3) is 4.73. The van der Waals surface area contributed by atoms with Gasteiger partial charge in [0.25, 0.3) is 0 Å². The highest BCUT2D eigenvalue weighted by atomic mass is 16.5. The van der Waals surface area contributed by atoms with E-state index in [9.17, 15) is 15.3 Å². The second-order valence-electron chi connectivity index (χ2n) is 11.8. The molecule has 0 aromatic carbocycles. The topological polar surface area (TPSA) is 69.9 Å². The molecule has 4 fully saturated rings. The minimum Gasteiger partial charge on any atom is -0.393 e. The Labute approximate surface area is 188 Å². The fourth-order valence-corrected chi connectivity index (χ4v) is 6.97. The lowest BCUT2D eigenvalue weighted by Gasteiger charge is -2.45. The molecule has 4 rings (SSSR count). The van der Waals surface area contributed by atoms with Gasteiger partial charge in [-0.05, 0) is 99.0 Å². The maximum Gasteiger partial charge on any atom is 0.0824 e. The van der Waals surface area contributed by atoms with Crippen molar-refractivity contribution < 1.29 is 20.1 Å². The summed E-state index contributed by atoms with van der Waals surface area (Å²) in [5, 5.41) is 30.2. The Morgan fingerprint density at radius 2 is 1.90 bits per heavy atom. The zero-order chi connectivity index (χ0) is 22.4. The quantitative estimate of drug-likeness (QED) is 0.571. The molecule has 4 nitrogen and oxygen atoms in total. The molecule has 0 spiro atoms. The molecule has 4 aliphatic rings. The molecule has 0 aromatic heterocycles. The van der Waals surface area contributed by atoms with Gasteiger partial charge in [0.05, 0.1) is 31.0 Å². The van der Waals surface area contributed by atoms with Gasteiger partial charge in [-0.1, -0.05) is 31.2 Å². The molecule has 174 valence electrons. The van der Waals surface area contributed by atoms with Crippen LogP contribution in [0.15, 0.2) is 35.5 Å². The summed E-state index contributed by atoms with van der Waals surface area (Å²) in [5.74, 6) is 1.30. The van der Waals surface area contributed by atoms with Gasteiger partial charge in [0.2, 0.25) is 0 Å². The Morgan fingerprint density at radius 1 is 1.16 bits per heavy atom. The van der Waals surface area contributed by atoms with Crippen molar-refractivity contribution >= 4 is 0 Å². The molecule has 4 heteroatoms. The van der Waals surface area contributed by atoms with Gasteiger partial charge >= 0.3 is 0 Å². The van der Waals surface area contributed by atoms with Crippen molar-refractivity contribution in [3.8, 4) is 0 Å². The molecule has 0 saturated heterocycles. The maximum absolute atomic E-state index is 10.2. The first-order valence-electron chi connectivity index (χ1n) is 12.3. The molecule has 0 aromatic rings. The Kier molecular flexibility index (Phi) is 6.33. The van der Waals surface area contributed by atoms with Crippen molar-refractivity contribution in [2.24, 2.45) is 22.7 Å². The predicted molar refractivity (Wildman–Crippen MR) is 124 cm³/mol. The van der Waals surface area contributed by atoms with E-state index < -0.39 is 17.8 Å². The molecular weight excluding hydrogens is 388 g/mol. The maximum atomic E-state index is 10.2. The Bertz CT molecular complexity index is 754. The minimum absolute atomic E-state index is 0.307. The highest BCUT2D eigenvalue weighted by Gasteiger charge is 2.61. The minimum atomic E-state index is -0.767. The third-order valence-corrected chi connectivity index (χ3v) is 8.70. The summed E-state index contributed by atoms with van der Waals surface area (Å²) in [6.07, 6.45) is 13.0. The summed E-state index contributed by atoms with van der Waals surface area (Å²) in [6.45, 7) is 11.4. The molecule has 4 aliphatic carbocycles. The summed E-state index contributed by atoms with van der Waals surface area (Å²) < 4.78 is 6.02. The molecule has 0 radical (unpaired) electrons. The van der Waals surface area contributed by atoms with E-state index in [1.165, 1.54) is 38.5 Å². The van der Waals surface area contributed by atoms with Crippen molar-refractivity contribution in [1.29, 1.82) is 0 Å². The lowest BCUT2D eigenvalue weighted by molar-refractivity contribution is -0.0517. The van der Waals surface area contributed by atoms with Crippen molar-refractivity contribution in [3.05, 3.63) is 35.5 Å². The number of fused-ring (bicyclic) bond motifs is 1. The number of rotatable bonds is 6. The van der Waals surface area contributed by atoms with Gasteiger partial charge in [-0.2, -0.15) is 0 Å². The first-order valence-corrected chi connectivity index (χ1v) is 12.3. The standard InChI is InChI=1S/C27H42O4/c1-18-20(14-21(28)15-23(18)29)8-7-19-6-5-11-26(4)22(19)9-10-24(26)27(12-13-27)17-31-16-25(2,3)30/h7-8,21-24,28-30H,1,5-6,9-17H2,2-4H3/t21-,22+,23+,24+,26+/m1/s1. The van der Waals surface area contributed by atoms with Crippen molar-refractivity contribution in [3.63, 3.8) is 0 Å². The zero-order valence-electron chi connectivity index (χ0n) is 19.7. The van der Waals surface area contributed by atoms with Crippen LogP contribution in [-0.4, -0.2) is 46.3 Å². The smallest absolute Gasteiger partial charge is 0.0824 e. The van der Waals surface area contributed by atoms with Gasteiger partial charge in [-0.3, -0.25) is 0 Å². The summed E-state index contributed by atoms with van der Waals surface area (Å²) in [7, 11) is 0. The zero-order valence-corrected chi connectivity index (χ0v) is 19.7. The van der Waals surface area contributed by atoms with Crippen molar-refractivity contribution in [2.45, 2.75) is 96.4 Å². The van der Waals surface area contributed by atoms with E-state index >= 15 is 0 Å². The summed E-state index contributed by atoms with van der Waals surface area (Å²) in [4.78, 5) is 0. The molecule has 31 heavy (non-hydrogen) atoms. The van der Waals surface area contributed by atoms with Gasteiger partial charge in [0.15, 0.2) is 0 Å². The summed E-state index contributed by atoms with van der Waals surface area (Å²) in [5.41, 5.74) is 3.17. The molecule has 0 bridgehead atoms. The number of aliphatic hydroxyl groups excluding tert-OH is 2. The van der Waals surface area contributed by atoms with Crippen LogP contribution in [0, 0.1) is 22.7 Å². The average molecular weight is 431 g/mol. The first-order chi connectivity index (χ1) is 14.5. The van der Waals surface area contributed by atoms with Crippen LogP contribution in [0.3, 0.4) is 0 Å². The molecule has 3 N–H and O–H groups in total. The SMILES string of the molecule is C=C1C(=CC=C2CCC[C@]3(C)[C@@H](C4(COCC(C)(C)O)CC4)CC[C@@H]23)C[C@@H](O)C[C@@H]1O. The molecule has 4 saturated carbocycles. The van der Waals surface area contributed by atoms with E-state index in [0.717, 1.165) is 24.2 Å². The van der Waals surface area contributed by atoms with E-state index in [0.29, 0.717) is 42.1 Å². The highest BCUT2D eigenvalue weighted by molar-refractivity contribution is 5.38. The Morgan fingerprint density at radius 3 is 2.58 bits per heavy atom. The number of hydrogen-bond acceptors (Lipinski definition) is 4. The normalized spacial score (nSPS) is 40.4. The molecule has 5 atom stereocenters. The van der Waals surface area contributed by atoms with Crippen LogP contribution in [0.2, 0.25) is 0 Å². The van der Waals surface area contributed by atoms with Gasteiger partial charge in [0, 0.05) is 6.42 Å². The molecule has 0 heterocycles. The number of hydrogen-bond donors (Lipinski definition) is 3. The molecule has 0 aliphatic heterocycles. The molecule has 0 amide bonds. The Hall–Kier alpha value is -0.940. The van der Waals surface area contributed by atoms with Gasteiger partial charge < -0.3 is 20.1 Å². The van der Waals surface area contributed by atoms with Crippen LogP contribution in [0.5, 0.6) is 0 Å². The first kappa shape index (κ1) is 23.2. The second-order valence-corrected chi connectivity index (χ2v) is 11.8. The van der Waals surface area contributed by atoms with E-state index in [1.54, 1.807) is 5.57 Å². The van der Waals surface area contributed by atoms with E-state index in [4.69, 9.17) is 4.74 Å². The fraction of sp³-hybridized carbons (Fsp3) is 0.778. The van der Waals surface area contributed by atoms with Crippen LogP contribution < -0.4 is 0 Å². The summed E-state index contributed by atoms with van der Waals surface area (Å²) >= 11 is 0. The van der Waals surface area contributed by atoms with E-state index in [1.807, 2.05) is 13.8 Å².